The smallest absolute Gasteiger partial charge is 0.304 e. The van der Waals surface area contributed by atoms with Crippen molar-refractivity contribution in [2.45, 2.75) is 25.8 Å². The largest absolute Gasteiger partial charge is 0.493 e. The first-order valence-electron chi connectivity index (χ1n) is 8.33. The summed E-state index contributed by atoms with van der Waals surface area (Å²) in [6.07, 6.45) is 0.949. The normalized spacial score (nSPS) is 16.9. The molecule has 0 saturated heterocycles. The number of aromatic nitrogens is 1. The van der Waals surface area contributed by atoms with E-state index in [1.54, 1.807) is 11.9 Å². The monoisotopic (exact) mass is 375 g/mol. The van der Waals surface area contributed by atoms with Crippen molar-refractivity contribution in [3.8, 4) is 5.75 Å². The van der Waals surface area contributed by atoms with Crippen LogP contribution in [0.15, 0.2) is 23.6 Å². The number of carboxylic acids is 1. The lowest BCUT2D eigenvalue weighted by molar-refractivity contribution is -0.143. The van der Waals surface area contributed by atoms with Crippen molar-refractivity contribution in [3.05, 3.63) is 40.4 Å². The van der Waals surface area contributed by atoms with Gasteiger partial charge in [-0.05, 0) is 29.7 Å². The Hall–Kier alpha value is -2.61. The Morgan fingerprint density at radius 1 is 1.46 bits per heavy atom. The van der Waals surface area contributed by atoms with Crippen molar-refractivity contribution >= 4 is 28.3 Å². The molecule has 0 bridgehead atoms. The first-order valence-corrected chi connectivity index (χ1v) is 9.21. The third-order valence-electron chi connectivity index (χ3n) is 4.39. The van der Waals surface area contributed by atoms with Crippen molar-refractivity contribution in [3.63, 3.8) is 0 Å². The van der Waals surface area contributed by atoms with Crippen molar-refractivity contribution in [2.75, 3.05) is 19.4 Å². The number of nitrogens with zero attached hydrogens (tertiary/aromatic N) is 2. The van der Waals surface area contributed by atoms with Crippen LogP contribution in [-0.4, -0.2) is 40.5 Å². The molecule has 0 fully saturated rings. The quantitative estimate of drug-likeness (QED) is 0.799. The summed E-state index contributed by atoms with van der Waals surface area (Å²) < 4.78 is 5.81. The fourth-order valence-corrected chi connectivity index (χ4v) is 3.71. The van der Waals surface area contributed by atoms with E-state index in [1.807, 2.05) is 23.6 Å². The molecular formula is C18H21N3O4S. The summed E-state index contributed by atoms with van der Waals surface area (Å²) in [5, 5.41) is 11.5. The standard InChI is InChI=1S/C18H21N3O4S/c1-21-9-13-7-15(25-5-4-14-10-26-18(19)20-14)3-2-11(13)6-12(17(21)24)8-16(22)23/h2-3,7,10,12H,4-6,8-9H2,1H3,(H2,19,20)(H,22,23). The summed E-state index contributed by atoms with van der Waals surface area (Å²) in [6, 6.07) is 5.71. The molecule has 0 saturated carbocycles. The average Bonchev–Trinajstić information content (AvgIpc) is 2.95. The zero-order valence-electron chi connectivity index (χ0n) is 14.5. The van der Waals surface area contributed by atoms with Crippen molar-refractivity contribution < 1.29 is 19.4 Å². The van der Waals surface area contributed by atoms with E-state index in [2.05, 4.69) is 4.98 Å². The van der Waals surface area contributed by atoms with E-state index < -0.39 is 11.9 Å². The molecule has 7 nitrogen and oxygen atoms in total. The van der Waals surface area contributed by atoms with Gasteiger partial charge in [0.25, 0.3) is 0 Å². The van der Waals surface area contributed by atoms with Crippen LogP contribution >= 0.6 is 11.3 Å². The number of nitrogen functional groups attached to an aromatic ring is 1. The van der Waals surface area contributed by atoms with Gasteiger partial charge >= 0.3 is 5.97 Å². The molecule has 1 aromatic carbocycles. The highest BCUT2D eigenvalue weighted by molar-refractivity contribution is 7.13. The van der Waals surface area contributed by atoms with E-state index in [9.17, 15) is 9.59 Å². The third kappa shape index (κ3) is 4.32. The number of amides is 1. The molecule has 8 heteroatoms. The van der Waals surface area contributed by atoms with Gasteiger partial charge in [0.2, 0.25) is 5.91 Å². The van der Waals surface area contributed by atoms with Gasteiger partial charge in [-0.3, -0.25) is 9.59 Å². The fourth-order valence-electron chi connectivity index (χ4n) is 3.12. The van der Waals surface area contributed by atoms with Crippen molar-refractivity contribution in [1.82, 2.24) is 9.88 Å². The second-order valence-electron chi connectivity index (χ2n) is 6.40. The van der Waals surface area contributed by atoms with Crippen LogP contribution in [-0.2, 0) is 29.0 Å². The van der Waals surface area contributed by atoms with Gasteiger partial charge in [0, 0.05) is 25.4 Å². The molecule has 0 radical (unpaired) electrons. The van der Waals surface area contributed by atoms with E-state index in [-0.39, 0.29) is 12.3 Å². The molecule has 1 unspecified atom stereocenters. The van der Waals surface area contributed by atoms with Gasteiger partial charge in [-0.25, -0.2) is 4.98 Å². The Labute approximate surface area is 155 Å². The van der Waals surface area contributed by atoms with Crippen LogP contribution in [0, 0.1) is 5.92 Å². The maximum Gasteiger partial charge on any atom is 0.304 e. The molecule has 26 heavy (non-hydrogen) atoms. The molecule has 1 aromatic heterocycles. The van der Waals surface area contributed by atoms with Crippen LogP contribution < -0.4 is 10.5 Å². The highest BCUT2D eigenvalue weighted by Gasteiger charge is 2.29. The topological polar surface area (TPSA) is 106 Å². The first-order chi connectivity index (χ1) is 12.4. The van der Waals surface area contributed by atoms with Crippen molar-refractivity contribution in [2.24, 2.45) is 5.92 Å². The lowest BCUT2D eigenvalue weighted by Crippen LogP contribution is -2.32. The van der Waals surface area contributed by atoms with Crippen LogP contribution in [0.1, 0.15) is 23.2 Å². The molecule has 1 aliphatic heterocycles. The summed E-state index contributed by atoms with van der Waals surface area (Å²) in [5.74, 6) is -0.889. The van der Waals surface area contributed by atoms with Crippen molar-refractivity contribution in [1.29, 1.82) is 0 Å². The molecule has 0 spiro atoms. The molecule has 2 aromatic rings. The number of nitrogens with two attached hydrogens (primary N) is 1. The summed E-state index contributed by atoms with van der Waals surface area (Å²) in [5.41, 5.74) is 8.51. The molecule has 138 valence electrons. The Balaban J connectivity index is 1.68. The zero-order chi connectivity index (χ0) is 18.7. The highest BCUT2D eigenvalue weighted by Crippen LogP contribution is 2.27. The summed E-state index contributed by atoms with van der Waals surface area (Å²) in [6.45, 7) is 0.933. The summed E-state index contributed by atoms with van der Waals surface area (Å²) >= 11 is 1.41. The predicted octanol–water partition coefficient (Wildman–Crippen LogP) is 1.95. The van der Waals surface area contributed by atoms with Gasteiger partial charge in [-0.2, -0.15) is 0 Å². The van der Waals surface area contributed by atoms with Gasteiger partial charge in [-0.1, -0.05) is 6.07 Å². The first kappa shape index (κ1) is 18.2. The number of carbonyl (C=O) groups excluding carboxylic acids is 1. The van der Waals surface area contributed by atoms with Crippen LogP contribution in [0.4, 0.5) is 5.13 Å². The number of anilines is 1. The molecule has 3 rings (SSSR count). The summed E-state index contributed by atoms with van der Waals surface area (Å²) in [4.78, 5) is 29.2. The fraction of sp³-hybridized carbons (Fsp3) is 0.389. The number of hydrogen-bond acceptors (Lipinski definition) is 6. The lowest BCUT2D eigenvalue weighted by Gasteiger charge is -2.18. The number of carboxylic acid groups (broad SMARTS) is 1. The van der Waals surface area contributed by atoms with Gasteiger partial charge in [-0.15, -0.1) is 11.3 Å². The molecule has 1 atom stereocenters. The van der Waals surface area contributed by atoms with Crippen LogP contribution in [0.25, 0.3) is 0 Å². The predicted molar refractivity (Wildman–Crippen MR) is 98.1 cm³/mol. The molecule has 0 aliphatic carbocycles. The number of ether oxygens (including phenoxy) is 1. The van der Waals surface area contributed by atoms with Crippen LogP contribution in [0.5, 0.6) is 5.75 Å². The van der Waals surface area contributed by atoms with Gasteiger partial charge in [0.05, 0.1) is 24.6 Å². The minimum atomic E-state index is -0.956. The number of benzene rings is 1. The minimum Gasteiger partial charge on any atom is -0.493 e. The molecular weight excluding hydrogens is 354 g/mol. The van der Waals surface area contributed by atoms with E-state index in [0.717, 1.165) is 22.6 Å². The highest BCUT2D eigenvalue weighted by atomic mass is 32.1. The third-order valence-corrected chi connectivity index (χ3v) is 5.12. The molecule has 1 amide bonds. The molecule has 2 heterocycles. The van der Waals surface area contributed by atoms with E-state index >= 15 is 0 Å². The summed E-state index contributed by atoms with van der Waals surface area (Å²) in [7, 11) is 1.70. The Morgan fingerprint density at radius 2 is 2.27 bits per heavy atom. The number of carbonyl (C=O) groups is 2. The Bertz CT molecular complexity index is 821. The van der Waals surface area contributed by atoms with Gasteiger partial charge in [0.1, 0.15) is 5.75 Å². The average molecular weight is 375 g/mol. The van der Waals surface area contributed by atoms with E-state index in [1.165, 1.54) is 11.3 Å². The van der Waals surface area contributed by atoms with E-state index in [0.29, 0.717) is 31.1 Å². The second-order valence-corrected chi connectivity index (χ2v) is 7.29. The minimum absolute atomic E-state index is 0.132. The Kier molecular flexibility index (Phi) is 5.41. The van der Waals surface area contributed by atoms with Gasteiger partial charge < -0.3 is 20.5 Å². The van der Waals surface area contributed by atoms with Gasteiger partial charge in [0.15, 0.2) is 5.13 Å². The molecule has 1 aliphatic rings. The molecule has 3 N–H and O–H groups in total. The maximum atomic E-state index is 12.4. The number of thiazole rings is 1. The number of hydrogen-bond donors (Lipinski definition) is 2. The van der Waals surface area contributed by atoms with Crippen LogP contribution in [0.3, 0.4) is 0 Å². The number of rotatable bonds is 6. The van der Waals surface area contributed by atoms with E-state index in [4.69, 9.17) is 15.6 Å². The zero-order valence-corrected chi connectivity index (χ0v) is 15.3. The Morgan fingerprint density at radius 3 is 2.96 bits per heavy atom. The maximum absolute atomic E-state index is 12.4. The number of fused-ring (bicyclic) bond motifs is 1. The SMILES string of the molecule is CN1Cc2cc(OCCc3csc(N)n3)ccc2CC(CC(=O)O)C1=O. The van der Waals surface area contributed by atoms with Crippen LogP contribution in [0.2, 0.25) is 0 Å². The second kappa shape index (κ2) is 7.74. The number of aliphatic carboxylic acids is 1. The lowest BCUT2D eigenvalue weighted by atomic mass is 9.94.